The van der Waals surface area contributed by atoms with Gasteiger partial charge in [0.05, 0.1) is 12.1 Å². The number of amides is 1. The standard InChI is InChI=1S/C18H23FN4O3S.ClH/c1-12(13-5-6-17(15(19)10-13)27(2,25)26)21-18(24)16-7-9-23(22-16)14-4-3-8-20-11-14;/h5-7,9-10,12,14,20H,3-4,8,11H2,1-2H3,(H,21,24);1H. The molecule has 2 unspecified atom stereocenters. The minimum Gasteiger partial charge on any atom is -0.344 e. The largest absolute Gasteiger partial charge is 0.344 e. The molecule has 2 N–H and O–H groups in total. The third-order valence-electron chi connectivity index (χ3n) is 4.69. The molecule has 0 bridgehead atoms. The molecule has 0 aliphatic carbocycles. The van der Waals surface area contributed by atoms with Gasteiger partial charge in [-0.3, -0.25) is 9.48 Å². The molecule has 3 rings (SSSR count). The van der Waals surface area contributed by atoms with Gasteiger partial charge in [-0.2, -0.15) is 5.10 Å². The van der Waals surface area contributed by atoms with Crippen LogP contribution in [0.1, 0.15) is 47.9 Å². The Kier molecular flexibility index (Phi) is 7.19. The molecule has 2 aromatic rings. The fourth-order valence-corrected chi connectivity index (χ4v) is 3.89. The molecule has 10 heteroatoms. The van der Waals surface area contributed by atoms with Crippen LogP contribution in [0.5, 0.6) is 0 Å². The molecule has 1 aromatic heterocycles. The number of aromatic nitrogens is 2. The normalized spacial score (nSPS) is 18.2. The van der Waals surface area contributed by atoms with Gasteiger partial charge >= 0.3 is 0 Å². The molecule has 1 fully saturated rings. The quantitative estimate of drug-likeness (QED) is 0.759. The molecule has 0 spiro atoms. The second kappa shape index (κ2) is 9.02. The van der Waals surface area contributed by atoms with Crippen molar-refractivity contribution in [1.29, 1.82) is 0 Å². The predicted molar refractivity (Wildman–Crippen MR) is 106 cm³/mol. The van der Waals surface area contributed by atoms with Crippen molar-refractivity contribution >= 4 is 28.2 Å². The van der Waals surface area contributed by atoms with Crippen LogP contribution in [-0.2, 0) is 9.84 Å². The SMILES string of the molecule is CC(NC(=O)c1ccn(C2CCCNC2)n1)c1ccc(S(C)(=O)=O)c(F)c1.Cl. The van der Waals surface area contributed by atoms with Gasteiger partial charge in [0.15, 0.2) is 9.84 Å². The molecule has 0 radical (unpaired) electrons. The number of piperidine rings is 1. The number of carbonyl (C=O) groups excluding carboxylic acids is 1. The van der Waals surface area contributed by atoms with Gasteiger partial charge in [-0.05, 0) is 50.1 Å². The Morgan fingerprint density at radius 3 is 2.75 bits per heavy atom. The van der Waals surface area contributed by atoms with Crippen LogP contribution in [-0.4, -0.2) is 43.5 Å². The van der Waals surface area contributed by atoms with E-state index in [1.807, 2.05) is 0 Å². The summed E-state index contributed by atoms with van der Waals surface area (Å²) >= 11 is 0. The van der Waals surface area contributed by atoms with Gasteiger partial charge in [0.25, 0.3) is 5.91 Å². The van der Waals surface area contributed by atoms with Crippen molar-refractivity contribution in [3.63, 3.8) is 0 Å². The van der Waals surface area contributed by atoms with E-state index in [1.54, 1.807) is 23.9 Å². The molecule has 1 aliphatic rings. The van der Waals surface area contributed by atoms with Crippen LogP contribution in [0.3, 0.4) is 0 Å². The van der Waals surface area contributed by atoms with Crippen LogP contribution in [0.25, 0.3) is 0 Å². The van der Waals surface area contributed by atoms with E-state index in [1.165, 1.54) is 12.1 Å². The molecule has 28 heavy (non-hydrogen) atoms. The Morgan fingerprint density at radius 2 is 2.14 bits per heavy atom. The van der Waals surface area contributed by atoms with E-state index in [9.17, 15) is 17.6 Å². The number of hydrogen-bond donors (Lipinski definition) is 2. The van der Waals surface area contributed by atoms with E-state index in [0.29, 0.717) is 11.3 Å². The molecule has 1 amide bonds. The van der Waals surface area contributed by atoms with Crippen LogP contribution in [0.2, 0.25) is 0 Å². The number of hydrogen-bond acceptors (Lipinski definition) is 5. The number of benzene rings is 1. The lowest BCUT2D eigenvalue weighted by Gasteiger charge is -2.22. The molecule has 1 aromatic carbocycles. The van der Waals surface area contributed by atoms with E-state index in [0.717, 1.165) is 38.3 Å². The number of rotatable bonds is 5. The number of carbonyl (C=O) groups is 1. The predicted octanol–water partition coefficient (Wildman–Crippen LogP) is 2.26. The summed E-state index contributed by atoms with van der Waals surface area (Å²) in [7, 11) is -3.63. The van der Waals surface area contributed by atoms with Crippen LogP contribution < -0.4 is 10.6 Å². The highest BCUT2D eigenvalue weighted by Crippen LogP contribution is 2.21. The first kappa shape index (κ1) is 22.3. The molecule has 7 nitrogen and oxygen atoms in total. The summed E-state index contributed by atoms with van der Waals surface area (Å²) in [5.74, 6) is -1.19. The van der Waals surface area contributed by atoms with Crippen LogP contribution in [0, 0.1) is 5.82 Å². The Labute approximate surface area is 170 Å². The van der Waals surface area contributed by atoms with Crippen molar-refractivity contribution in [2.24, 2.45) is 0 Å². The summed E-state index contributed by atoms with van der Waals surface area (Å²) in [6.45, 7) is 3.53. The van der Waals surface area contributed by atoms with Gasteiger partial charge in [0.1, 0.15) is 16.4 Å². The highest BCUT2D eigenvalue weighted by molar-refractivity contribution is 7.90. The molecule has 2 atom stereocenters. The number of halogens is 2. The van der Waals surface area contributed by atoms with Crippen molar-refractivity contribution < 1.29 is 17.6 Å². The number of nitrogens with one attached hydrogen (secondary N) is 2. The Morgan fingerprint density at radius 1 is 1.39 bits per heavy atom. The molecule has 2 heterocycles. The maximum Gasteiger partial charge on any atom is 0.272 e. The maximum absolute atomic E-state index is 14.1. The zero-order chi connectivity index (χ0) is 19.6. The first-order chi connectivity index (χ1) is 12.8. The minimum absolute atomic E-state index is 0. The lowest BCUT2D eigenvalue weighted by Crippen LogP contribution is -2.32. The third kappa shape index (κ3) is 5.09. The van der Waals surface area contributed by atoms with E-state index in [-0.39, 0.29) is 29.3 Å². The second-order valence-electron chi connectivity index (χ2n) is 6.84. The minimum atomic E-state index is -3.63. The number of nitrogens with zero attached hydrogens (tertiary/aromatic N) is 2. The smallest absolute Gasteiger partial charge is 0.272 e. The van der Waals surface area contributed by atoms with Gasteiger partial charge in [-0.25, -0.2) is 12.8 Å². The maximum atomic E-state index is 14.1. The summed E-state index contributed by atoms with van der Waals surface area (Å²) in [4.78, 5) is 12.1. The average Bonchev–Trinajstić information content (AvgIpc) is 3.11. The van der Waals surface area contributed by atoms with E-state index in [4.69, 9.17) is 0 Å². The van der Waals surface area contributed by atoms with E-state index >= 15 is 0 Å². The Hall–Kier alpha value is -1.97. The lowest BCUT2D eigenvalue weighted by molar-refractivity contribution is 0.0933. The highest BCUT2D eigenvalue weighted by atomic mass is 35.5. The summed E-state index contributed by atoms with van der Waals surface area (Å²) in [5, 5.41) is 10.4. The summed E-state index contributed by atoms with van der Waals surface area (Å²) in [6, 6.07) is 5.24. The second-order valence-corrected chi connectivity index (χ2v) is 8.82. The topological polar surface area (TPSA) is 93.1 Å². The van der Waals surface area contributed by atoms with Gasteiger partial charge in [0, 0.05) is 19.0 Å². The number of sulfone groups is 1. The van der Waals surface area contributed by atoms with Crippen molar-refractivity contribution in [2.75, 3.05) is 19.3 Å². The molecular formula is C18H24ClFN4O3S. The zero-order valence-electron chi connectivity index (χ0n) is 15.7. The molecular weight excluding hydrogens is 407 g/mol. The summed E-state index contributed by atoms with van der Waals surface area (Å²) in [5.41, 5.74) is 0.768. The fourth-order valence-electron chi connectivity index (χ4n) is 3.16. The lowest BCUT2D eigenvalue weighted by atomic mass is 10.1. The van der Waals surface area contributed by atoms with Crippen molar-refractivity contribution in [1.82, 2.24) is 20.4 Å². The molecule has 1 saturated heterocycles. The molecule has 0 saturated carbocycles. The molecule has 154 valence electrons. The fraction of sp³-hybridized carbons (Fsp3) is 0.444. The van der Waals surface area contributed by atoms with Gasteiger partial charge < -0.3 is 10.6 Å². The van der Waals surface area contributed by atoms with Gasteiger partial charge in [-0.1, -0.05) is 6.07 Å². The van der Waals surface area contributed by atoms with Crippen LogP contribution in [0.4, 0.5) is 4.39 Å². The zero-order valence-corrected chi connectivity index (χ0v) is 17.3. The van der Waals surface area contributed by atoms with Crippen molar-refractivity contribution in [2.45, 2.75) is 36.7 Å². The first-order valence-corrected chi connectivity index (χ1v) is 10.7. The van der Waals surface area contributed by atoms with Gasteiger partial charge in [0.2, 0.25) is 0 Å². The third-order valence-corrected chi connectivity index (χ3v) is 5.82. The highest BCUT2D eigenvalue weighted by Gasteiger charge is 2.20. The monoisotopic (exact) mass is 430 g/mol. The van der Waals surface area contributed by atoms with Crippen molar-refractivity contribution in [3.8, 4) is 0 Å². The molecule has 1 aliphatic heterocycles. The van der Waals surface area contributed by atoms with E-state index < -0.39 is 21.7 Å². The van der Waals surface area contributed by atoms with Crippen LogP contribution >= 0.6 is 12.4 Å². The van der Waals surface area contributed by atoms with Gasteiger partial charge in [-0.15, -0.1) is 12.4 Å². The van der Waals surface area contributed by atoms with E-state index in [2.05, 4.69) is 15.7 Å². The summed E-state index contributed by atoms with van der Waals surface area (Å²) < 4.78 is 38.9. The van der Waals surface area contributed by atoms with Crippen LogP contribution in [0.15, 0.2) is 35.4 Å². The summed E-state index contributed by atoms with van der Waals surface area (Å²) in [6.07, 6.45) is 4.82. The Balaban J connectivity index is 0.00000280. The Bertz CT molecular complexity index is 942. The average molecular weight is 431 g/mol. The van der Waals surface area contributed by atoms with Crippen molar-refractivity contribution in [3.05, 3.63) is 47.5 Å². The first-order valence-electron chi connectivity index (χ1n) is 8.82.